The Morgan fingerprint density at radius 2 is 2.00 bits per heavy atom. The van der Waals surface area contributed by atoms with Gasteiger partial charge in [0.15, 0.2) is 0 Å². The van der Waals surface area contributed by atoms with Crippen LogP contribution in [0.1, 0.15) is 45.4 Å². The summed E-state index contributed by atoms with van der Waals surface area (Å²) in [7, 11) is 0. The molecule has 0 spiro atoms. The van der Waals surface area contributed by atoms with E-state index in [1.54, 1.807) is 0 Å². The quantitative estimate of drug-likeness (QED) is 0.643. The highest BCUT2D eigenvalue weighted by Gasteiger charge is 2.11. The van der Waals surface area contributed by atoms with E-state index in [1.165, 1.54) is 25.0 Å². The molecule has 0 fully saturated rings. The van der Waals surface area contributed by atoms with E-state index in [0.29, 0.717) is 16.6 Å². The van der Waals surface area contributed by atoms with Gasteiger partial charge in [0, 0.05) is 10.9 Å². The van der Waals surface area contributed by atoms with Crippen LogP contribution in [0.3, 0.4) is 0 Å². The molecule has 0 aromatic heterocycles. The number of carbonyl (C=O) groups excluding carboxylic acids is 1. The summed E-state index contributed by atoms with van der Waals surface area (Å²) in [6.45, 7) is 2.15. The summed E-state index contributed by atoms with van der Waals surface area (Å²) in [6.07, 6.45) is 5.93. The fraction of sp³-hybridized carbons (Fsp3) is 0.500. The molecular formula is C14H18BrClFNO. The predicted molar refractivity (Wildman–Crippen MR) is 81.1 cm³/mol. The van der Waals surface area contributed by atoms with Crippen LogP contribution in [-0.4, -0.2) is 5.91 Å². The van der Waals surface area contributed by atoms with E-state index >= 15 is 0 Å². The number of unbranched alkanes of at least 4 members (excludes halogenated alkanes) is 4. The van der Waals surface area contributed by atoms with Crippen LogP contribution >= 0.6 is 27.5 Å². The average molecular weight is 351 g/mol. The molecule has 19 heavy (non-hydrogen) atoms. The second-order valence-corrected chi connectivity index (χ2v) is 5.72. The predicted octanol–water partition coefficient (Wildman–Crippen LogP) is 5.54. The highest BCUT2D eigenvalue weighted by Crippen LogP contribution is 2.31. The molecule has 1 aromatic carbocycles. The summed E-state index contributed by atoms with van der Waals surface area (Å²) >= 11 is 9.09. The summed E-state index contributed by atoms with van der Waals surface area (Å²) in [5.74, 6) is -0.528. The van der Waals surface area contributed by atoms with E-state index in [-0.39, 0.29) is 10.9 Å². The first-order valence-corrected chi connectivity index (χ1v) is 7.66. The van der Waals surface area contributed by atoms with Crippen LogP contribution in [-0.2, 0) is 4.79 Å². The maximum atomic E-state index is 13.0. The summed E-state index contributed by atoms with van der Waals surface area (Å²) in [5, 5.41) is 2.91. The number of hydrogen-bond acceptors (Lipinski definition) is 1. The third kappa shape index (κ3) is 5.91. The van der Waals surface area contributed by atoms with Crippen molar-refractivity contribution in [2.45, 2.75) is 45.4 Å². The number of halogens is 3. The Kier molecular flexibility index (Phi) is 7.39. The second-order valence-electron chi connectivity index (χ2n) is 4.46. The molecule has 0 aliphatic carbocycles. The molecular weight excluding hydrogens is 333 g/mol. The highest BCUT2D eigenvalue weighted by molar-refractivity contribution is 9.10. The number of amides is 1. The molecule has 0 bridgehead atoms. The molecule has 0 atom stereocenters. The van der Waals surface area contributed by atoms with Gasteiger partial charge in [0.2, 0.25) is 5.91 Å². The first-order valence-electron chi connectivity index (χ1n) is 6.49. The lowest BCUT2D eigenvalue weighted by atomic mass is 10.1. The number of hydrogen-bond donors (Lipinski definition) is 1. The zero-order valence-corrected chi connectivity index (χ0v) is 13.3. The van der Waals surface area contributed by atoms with Crippen molar-refractivity contribution in [2.24, 2.45) is 0 Å². The van der Waals surface area contributed by atoms with Crippen LogP contribution in [0.2, 0.25) is 5.02 Å². The van der Waals surface area contributed by atoms with Crippen molar-refractivity contribution in [3.8, 4) is 0 Å². The van der Waals surface area contributed by atoms with Crippen LogP contribution in [0, 0.1) is 5.82 Å². The van der Waals surface area contributed by atoms with E-state index in [0.717, 1.165) is 19.3 Å². The molecule has 0 saturated carbocycles. The summed E-state index contributed by atoms with van der Waals surface area (Å²) in [4.78, 5) is 11.8. The molecule has 1 rings (SSSR count). The van der Waals surface area contributed by atoms with Crippen molar-refractivity contribution in [2.75, 3.05) is 5.32 Å². The smallest absolute Gasteiger partial charge is 0.224 e. The van der Waals surface area contributed by atoms with Gasteiger partial charge in [0.25, 0.3) is 0 Å². The fourth-order valence-corrected chi connectivity index (χ4v) is 2.65. The molecule has 1 amide bonds. The molecule has 1 aromatic rings. The van der Waals surface area contributed by atoms with Gasteiger partial charge >= 0.3 is 0 Å². The molecule has 5 heteroatoms. The zero-order chi connectivity index (χ0) is 14.3. The van der Waals surface area contributed by atoms with Crippen molar-refractivity contribution in [1.82, 2.24) is 0 Å². The van der Waals surface area contributed by atoms with Gasteiger partial charge in [-0.05, 0) is 34.5 Å². The SMILES string of the molecule is CCCCCCCC(=O)Nc1c(Cl)cc(F)cc1Br. The minimum atomic E-state index is -0.436. The lowest BCUT2D eigenvalue weighted by Crippen LogP contribution is -2.12. The van der Waals surface area contributed by atoms with Crippen LogP contribution in [0.25, 0.3) is 0 Å². The minimum Gasteiger partial charge on any atom is -0.324 e. The van der Waals surface area contributed by atoms with Gasteiger partial charge in [-0.3, -0.25) is 4.79 Å². The Bertz CT molecular complexity index is 416. The maximum absolute atomic E-state index is 13.0. The summed E-state index contributed by atoms with van der Waals surface area (Å²) in [6, 6.07) is 2.46. The Morgan fingerprint density at radius 3 is 2.63 bits per heavy atom. The Morgan fingerprint density at radius 1 is 1.32 bits per heavy atom. The number of benzene rings is 1. The van der Waals surface area contributed by atoms with Gasteiger partial charge in [-0.15, -0.1) is 0 Å². The molecule has 0 unspecified atom stereocenters. The first-order chi connectivity index (χ1) is 9.04. The molecule has 0 heterocycles. The van der Waals surface area contributed by atoms with Crippen LogP contribution < -0.4 is 5.32 Å². The van der Waals surface area contributed by atoms with E-state index < -0.39 is 5.82 Å². The second kappa shape index (κ2) is 8.54. The highest BCUT2D eigenvalue weighted by atomic mass is 79.9. The molecule has 2 nitrogen and oxygen atoms in total. The molecule has 0 aliphatic heterocycles. The topological polar surface area (TPSA) is 29.1 Å². The van der Waals surface area contributed by atoms with E-state index in [9.17, 15) is 9.18 Å². The van der Waals surface area contributed by atoms with Crippen LogP contribution in [0.4, 0.5) is 10.1 Å². The standard InChI is InChI=1S/C14H18BrClFNO/c1-2-3-4-5-6-7-13(19)18-14-11(15)8-10(17)9-12(14)16/h8-9H,2-7H2,1H3,(H,18,19). The van der Waals surface area contributed by atoms with Crippen molar-refractivity contribution in [1.29, 1.82) is 0 Å². The van der Waals surface area contributed by atoms with E-state index in [4.69, 9.17) is 11.6 Å². The lowest BCUT2D eigenvalue weighted by Gasteiger charge is -2.09. The Hall–Kier alpha value is -0.610. The molecule has 106 valence electrons. The lowest BCUT2D eigenvalue weighted by molar-refractivity contribution is -0.116. The van der Waals surface area contributed by atoms with Crippen LogP contribution in [0.5, 0.6) is 0 Å². The van der Waals surface area contributed by atoms with Crippen molar-refractivity contribution >= 4 is 39.1 Å². The molecule has 0 saturated heterocycles. The van der Waals surface area contributed by atoms with Gasteiger partial charge in [0.05, 0.1) is 10.7 Å². The van der Waals surface area contributed by atoms with Gasteiger partial charge in [-0.1, -0.05) is 44.2 Å². The molecule has 0 radical (unpaired) electrons. The zero-order valence-electron chi connectivity index (χ0n) is 10.9. The first kappa shape index (κ1) is 16.4. The monoisotopic (exact) mass is 349 g/mol. The average Bonchev–Trinajstić information content (AvgIpc) is 2.33. The summed E-state index contributed by atoms with van der Waals surface area (Å²) < 4.78 is 13.5. The fourth-order valence-electron chi connectivity index (χ4n) is 1.75. The van der Waals surface area contributed by atoms with Crippen molar-refractivity contribution in [3.63, 3.8) is 0 Å². The van der Waals surface area contributed by atoms with Gasteiger partial charge in [-0.25, -0.2) is 4.39 Å². The van der Waals surface area contributed by atoms with Crippen molar-refractivity contribution < 1.29 is 9.18 Å². The van der Waals surface area contributed by atoms with Crippen LogP contribution in [0.15, 0.2) is 16.6 Å². The third-order valence-electron chi connectivity index (χ3n) is 2.78. The largest absolute Gasteiger partial charge is 0.324 e. The summed E-state index contributed by atoms with van der Waals surface area (Å²) in [5.41, 5.74) is 0.432. The number of carbonyl (C=O) groups is 1. The van der Waals surface area contributed by atoms with E-state index in [1.807, 2.05) is 0 Å². The van der Waals surface area contributed by atoms with Crippen molar-refractivity contribution in [3.05, 3.63) is 27.4 Å². The van der Waals surface area contributed by atoms with Gasteiger partial charge < -0.3 is 5.32 Å². The van der Waals surface area contributed by atoms with Gasteiger partial charge in [-0.2, -0.15) is 0 Å². The number of rotatable bonds is 7. The van der Waals surface area contributed by atoms with E-state index in [2.05, 4.69) is 28.2 Å². The van der Waals surface area contributed by atoms with Gasteiger partial charge in [0.1, 0.15) is 5.82 Å². The minimum absolute atomic E-state index is 0.0919. The Labute approximate surface area is 126 Å². The Balaban J connectivity index is 2.44. The number of anilines is 1. The normalized spacial score (nSPS) is 10.5. The maximum Gasteiger partial charge on any atom is 0.224 e. The molecule has 0 aliphatic rings. The number of nitrogens with one attached hydrogen (secondary N) is 1. The molecule has 1 N–H and O–H groups in total. The third-order valence-corrected chi connectivity index (χ3v) is 3.70.